The van der Waals surface area contributed by atoms with Crippen LogP contribution in [0.4, 0.5) is 0 Å². The molecule has 0 amide bonds. The molecule has 0 fully saturated rings. The first-order chi connectivity index (χ1) is 4.84. The summed E-state index contributed by atoms with van der Waals surface area (Å²) < 4.78 is 1.82. The van der Waals surface area contributed by atoms with Gasteiger partial charge in [0.1, 0.15) is 6.33 Å². The topological polar surface area (TPSA) is 30.2 Å². The Morgan fingerprint density at radius 2 is 2.60 bits per heavy atom. The van der Waals surface area contributed by atoms with Gasteiger partial charge < -0.3 is 0 Å². The third kappa shape index (κ3) is 1.31. The standard InChI is InChI=1S/C7H9N3/c1-3-8-5-10-6-9-4-7(10)2/h3-6H,1H2,2H3. The van der Waals surface area contributed by atoms with Crippen LogP contribution in [0.25, 0.3) is 0 Å². The molecule has 1 aromatic rings. The van der Waals surface area contributed by atoms with E-state index in [1.165, 1.54) is 6.20 Å². The quantitative estimate of drug-likeness (QED) is 0.443. The Morgan fingerprint density at radius 3 is 3.10 bits per heavy atom. The zero-order chi connectivity index (χ0) is 7.40. The summed E-state index contributed by atoms with van der Waals surface area (Å²) in [5.74, 6) is 0. The van der Waals surface area contributed by atoms with Crippen LogP contribution in [0.1, 0.15) is 5.69 Å². The molecule has 0 aliphatic heterocycles. The van der Waals surface area contributed by atoms with Gasteiger partial charge in [0.15, 0.2) is 0 Å². The van der Waals surface area contributed by atoms with Crippen LogP contribution in [0.3, 0.4) is 0 Å². The average molecular weight is 135 g/mol. The maximum atomic E-state index is 3.91. The van der Waals surface area contributed by atoms with E-state index in [2.05, 4.69) is 16.6 Å². The first kappa shape index (κ1) is 6.74. The van der Waals surface area contributed by atoms with Gasteiger partial charge in [0.2, 0.25) is 0 Å². The minimum absolute atomic E-state index is 1.06. The molecule has 0 aromatic carbocycles. The van der Waals surface area contributed by atoms with E-state index in [9.17, 15) is 0 Å². The number of imidazole rings is 1. The molecule has 0 saturated carbocycles. The van der Waals surface area contributed by atoms with E-state index in [1.807, 2.05) is 11.5 Å². The normalized spacial score (nSPS) is 10.5. The Labute approximate surface area is 59.7 Å². The Morgan fingerprint density at radius 1 is 1.80 bits per heavy atom. The molecule has 1 heterocycles. The molecule has 0 unspecified atom stereocenters. The number of aryl methyl sites for hydroxylation is 1. The molecule has 0 radical (unpaired) electrons. The summed E-state index contributed by atoms with van der Waals surface area (Å²) in [5.41, 5.74) is 1.06. The zero-order valence-corrected chi connectivity index (χ0v) is 5.86. The molecule has 0 N–H and O–H groups in total. The van der Waals surface area contributed by atoms with Gasteiger partial charge in [-0.1, -0.05) is 6.58 Å². The summed E-state index contributed by atoms with van der Waals surface area (Å²) in [6, 6.07) is 0. The summed E-state index contributed by atoms with van der Waals surface area (Å²) in [7, 11) is 0. The van der Waals surface area contributed by atoms with Crippen LogP contribution in [0.2, 0.25) is 0 Å². The lowest BCUT2D eigenvalue weighted by Crippen LogP contribution is -1.93. The maximum absolute atomic E-state index is 3.91. The van der Waals surface area contributed by atoms with E-state index in [-0.39, 0.29) is 0 Å². The van der Waals surface area contributed by atoms with Crippen molar-refractivity contribution in [1.29, 1.82) is 0 Å². The summed E-state index contributed by atoms with van der Waals surface area (Å²) in [4.78, 5) is 7.75. The fourth-order valence-corrected chi connectivity index (χ4v) is 0.611. The Bertz CT molecular complexity index is 247. The summed E-state index contributed by atoms with van der Waals surface area (Å²) in [6.45, 7) is 5.42. The first-order valence-corrected chi connectivity index (χ1v) is 2.97. The number of hydrogen-bond donors (Lipinski definition) is 0. The molecule has 10 heavy (non-hydrogen) atoms. The van der Waals surface area contributed by atoms with Crippen molar-refractivity contribution in [3.05, 3.63) is 31.0 Å². The van der Waals surface area contributed by atoms with Crippen LogP contribution >= 0.6 is 0 Å². The predicted molar refractivity (Wildman–Crippen MR) is 41.1 cm³/mol. The highest BCUT2D eigenvalue weighted by Crippen LogP contribution is 1.91. The molecule has 0 atom stereocenters. The molecule has 1 aromatic heterocycles. The molecule has 52 valence electrons. The monoisotopic (exact) mass is 135 g/mol. The first-order valence-electron chi connectivity index (χ1n) is 2.97. The summed E-state index contributed by atoms with van der Waals surface area (Å²) in [6.07, 6.45) is 6.62. The van der Waals surface area contributed by atoms with Crippen LogP contribution in [0.5, 0.6) is 0 Å². The van der Waals surface area contributed by atoms with Crippen molar-refractivity contribution in [3.63, 3.8) is 0 Å². The van der Waals surface area contributed by atoms with E-state index in [1.54, 1.807) is 18.9 Å². The fraction of sp³-hybridized carbons (Fsp3) is 0.143. The minimum atomic E-state index is 1.06. The van der Waals surface area contributed by atoms with Gasteiger partial charge in [0.05, 0.1) is 6.34 Å². The van der Waals surface area contributed by atoms with Gasteiger partial charge in [-0.25, -0.2) is 9.98 Å². The summed E-state index contributed by atoms with van der Waals surface area (Å²) >= 11 is 0. The van der Waals surface area contributed by atoms with E-state index < -0.39 is 0 Å². The van der Waals surface area contributed by atoms with E-state index in [4.69, 9.17) is 0 Å². The van der Waals surface area contributed by atoms with Crippen LogP contribution in [-0.2, 0) is 0 Å². The number of nitrogens with zero attached hydrogens (tertiary/aromatic N) is 3. The second-order valence-electron chi connectivity index (χ2n) is 1.89. The third-order valence-corrected chi connectivity index (χ3v) is 1.16. The smallest absolute Gasteiger partial charge is 0.100 e. The number of aliphatic imine (C=N–C) groups is 1. The van der Waals surface area contributed by atoms with Crippen molar-refractivity contribution in [2.45, 2.75) is 6.92 Å². The molecule has 0 spiro atoms. The van der Waals surface area contributed by atoms with Gasteiger partial charge in [-0.05, 0) is 6.92 Å². The van der Waals surface area contributed by atoms with Crippen molar-refractivity contribution in [2.75, 3.05) is 0 Å². The molecule has 0 aliphatic carbocycles. The van der Waals surface area contributed by atoms with Gasteiger partial charge in [-0.3, -0.25) is 4.57 Å². The fourth-order valence-electron chi connectivity index (χ4n) is 0.611. The second kappa shape index (κ2) is 2.96. The van der Waals surface area contributed by atoms with Crippen molar-refractivity contribution >= 4 is 6.34 Å². The van der Waals surface area contributed by atoms with Gasteiger partial charge in [-0.2, -0.15) is 0 Å². The lowest BCUT2D eigenvalue weighted by atomic mass is 10.5. The lowest BCUT2D eigenvalue weighted by Gasteiger charge is -1.90. The summed E-state index contributed by atoms with van der Waals surface area (Å²) in [5, 5.41) is 0. The van der Waals surface area contributed by atoms with Gasteiger partial charge in [-0.15, -0.1) is 0 Å². The molecule has 0 bridgehead atoms. The van der Waals surface area contributed by atoms with Crippen molar-refractivity contribution in [1.82, 2.24) is 9.55 Å². The molecule has 0 aliphatic rings. The molecule has 3 nitrogen and oxygen atoms in total. The predicted octanol–water partition coefficient (Wildman–Crippen LogP) is 1.21. The van der Waals surface area contributed by atoms with Crippen LogP contribution in [0, 0.1) is 6.92 Å². The Balaban J connectivity index is 2.83. The van der Waals surface area contributed by atoms with E-state index in [0.29, 0.717) is 0 Å². The largest absolute Gasteiger partial charge is 0.294 e. The van der Waals surface area contributed by atoms with Gasteiger partial charge in [0, 0.05) is 18.1 Å². The van der Waals surface area contributed by atoms with E-state index >= 15 is 0 Å². The molecule has 0 saturated heterocycles. The molecular formula is C7H9N3. The van der Waals surface area contributed by atoms with Crippen LogP contribution in [-0.4, -0.2) is 15.9 Å². The molecule has 1 rings (SSSR count). The SMILES string of the molecule is C=CN=Cn1cncc1C. The van der Waals surface area contributed by atoms with Crippen LogP contribution < -0.4 is 0 Å². The van der Waals surface area contributed by atoms with Crippen molar-refractivity contribution < 1.29 is 0 Å². The third-order valence-electron chi connectivity index (χ3n) is 1.16. The Kier molecular flexibility index (Phi) is 1.99. The van der Waals surface area contributed by atoms with Crippen molar-refractivity contribution in [2.24, 2.45) is 4.99 Å². The number of hydrogen-bond acceptors (Lipinski definition) is 2. The highest BCUT2D eigenvalue weighted by Gasteiger charge is 1.88. The highest BCUT2D eigenvalue weighted by molar-refractivity contribution is 5.59. The van der Waals surface area contributed by atoms with Crippen LogP contribution in [0.15, 0.2) is 30.3 Å². The van der Waals surface area contributed by atoms with E-state index in [0.717, 1.165) is 5.69 Å². The van der Waals surface area contributed by atoms with Crippen molar-refractivity contribution in [3.8, 4) is 0 Å². The van der Waals surface area contributed by atoms with Gasteiger partial charge >= 0.3 is 0 Å². The number of rotatable bonds is 2. The zero-order valence-electron chi connectivity index (χ0n) is 5.86. The average Bonchev–Trinajstić information content (AvgIpc) is 2.31. The maximum Gasteiger partial charge on any atom is 0.100 e. The number of aromatic nitrogens is 2. The Hall–Kier alpha value is -1.38. The van der Waals surface area contributed by atoms with Gasteiger partial charge in [0.25, 0.3) is 0 Å². The molecular weight excluding hydrogens is 126 g/mol. The minimum Gasteiger partial charge on any atom is -0.294 e. The molecule has 3 heteroatoms. The lowest BCUT2D eigenvalue weighted by molar-refractivity contribution is 1.10. The second-order valence-corrected chi connectivity index (χ2v) is 1.89. The highest BCUT2D eigenvalue weighted by atomic mass is 15.1.